The summed E-state index contributed by atoms with van der Waals surface area (Å²) in [6.45, 7) is 3.13. The number of halogens is 1. The number of pyridine rings is 1. The highest BCUT2D eigenvalue weighted by molar-refractivity contribution is 5.94. The van der Waals surface area contributed by atoms with E-state index in [0.29, 0.717) is 18.7 Å². The van der Waals surface area contributed by atoms with Gasteiger partial charge in [0, 0.05) is 37.9 Å². The normalized spacial score (nSPS) is 14.3. The van der Waals surface area contributed by atoms with Gasteiger partial charge in [-0.25, -0.2) is 4.98 Å². The lowest BCUT2D eigenvalue weighted by Crippen LogP contribution is -2.25. The molecule has 3 N–H and O–H groups in total. The highest BCUT2D eigenvalue weighted by Gasteiger charge is 2.11. The van der Waals surface area contributed by atoms with Crippen LogP contribution in [-0.4, -0.2) is 24.0 Å². The number of nitrogens with one attached hydrogen (secondary N) is 1. The number of carbonyl (C=O) groups excluding carboxylic acids is 1. The van der Waals surface area contributed by atoms with Crippen LogP contribution in [0, 0.1) is 0 Å². The van der Waals surface area contributed by atoms with Crippen LogP contribution in [0.15, 0.2) is 42.6 Å². The number of anilines is 1. The minimum absolute atomic E-state index is 0. The van der Waals surface area contributed by atoms with Crippen molar-refractivity contribution in [3.05, 3.63) is 59.3 Å². The quantitative estimate of drug-likeness (QED) is 0.842. The summed E-state index contributed by atoms with van der Waals surface area (Å²) in [7, 11) is 0. The maximum atomic E-state index is 12.2. The molecule has 0 spiro atoms. The number of nitrogens with zero attached hydrogens (tertiary/aromatic N) is 2. The number of rotatable bonds is 5. The second-order valence-corrected chi connectivity index (χ2v) is 6.51. The molecule has 0 radical (unpaired) electrons. The van der Waals surface area contributed by atoms with E-state index in [1.807, 2.05) is 24.4 Å². The van der Waals surface area contributed by atoms with Gasteiger partial charge >= 0.3 is 0 Å². The Balaban J connectivity index is 0.00000243. The summed E-state index contributed by atoms with van der Waals surface area (Å²) in [6, 6.07) is 11.5. The highest BCUT2D eigenvalue weighted by Crippen LogP contribution is 2.17. The third kappa shape index (κ3) is 5.44. The summed E-state index contributed by atoms with van der Waals surface area (Å²) < 4.78 is 0. The third-order valence-corrected chi connectivity index (χ3v) is 4.64. The molecule has 3 rings (SSSR count). The summed E-state index contributed by atoms with van der Waals surface area (Å²) in [5.41, 5.74) is 8.24. The molecule has 2 heterocycles. The van der Waals surface area contributed by atoms with Crippen molar-refractivity contribution in [3.63, 3.8) is 0 Å². The fourth-order valence-corrected chi connectivity index (χ4v) is 3.08. The SMILES string of the molecule is Cl.NCc1ccc(C(=O)NCc2ccc(N3CCCCCC3)nc2)cc1. The van der Waals surface area contributed by atoms with E-state index in [0.717, 1.165) is 30.0 Å². The van der Waals surface area contributed by atoms with Gasteiger partial charge in [-0.2, -0.15) is 0 Å². The number of benzene rings is 1. The molecular formula is C20H27ClN4O. The van der Waals surface area contributed by atoms with E-state index in [1.165, 1.54) is 25.7 Å². The molecule has 2 aromatic rings. The predicted octanol–water partition coefficient (Wildman–Crippen LogP) is 3.27. The molecule has 26 heavy (non-hydrogen) atoms. The monoisotopic (exact) mass is 374 g/mol. The first-order valence-electron chi connectivity index (χ1n) is 9.03. The molecule has 140 valence electrons. The molecular weight excluding hydrogens is 348 g/mol. The molecule has 6 heteroatoms. The maximum Gasteiger partial charge on any atom is 0.251 e. The van der Waals surface area contributed by atoms with Gasteiger partial charge in [-0.1, -0.05) is 31.0 Å². The summed E-state index contributed by atoms with van der Waals surface area (Å²) in [4.78, 5) is 19.1. The molecule has 5 nitrogen and oxygen atoms in total. The Morgan fingerprint density at radius 2 is 1.65 bits per heavy atom. The van der Waals surface area contributed by atoms with Crippen LogP contribution in [0.3, 0.4) is 0 Å². The van der Waals surface area contributed by atoms with Crippen molar-refractivity contribution in [2.24, 2.45) is 5.73 Å². The zero-order chi connectivity index (χ0) is 17.5. The molecule has 1 fully saturated rings. The van der Waals surface area contributed by atoms with Gasteiger partial charge in [-0.3, -0.25) is 4.79 Å². The Bertz CT molecular complexity index is 680. The summed E-state index contributed by atoms with van der Waals surface area (Å²) in [5.74, 6) is 0.953. The summed E-state index contributed by atoms with van der Waals surface area (Å²) in [6.07, 6.45) is 6.96. The zero-order valence-electron chi connectivity index (χ0n) is 15.0. The number of carbonyl (C=O) groups is 1. The van der Waals surface area contributed by atoms with Gasteiger partial charge in [-0.05, 0) is 42.2 Å². The first-order chi connectivity index (χ1) is 12.3. The number of nitrogens with two attached hydrogens (primary N) is 1. The molecule has 0 saturated carbocycles. The smallest absolute Gasteiger partial charge is 0.251 e. The van der Waals surface area contributed by atoms with E-state index in [4.69, 9.17) is 5.73 Å². The largest absolute Gasteiger partial charge is 0.357 e. The third-order valence-electron chi connectivity index (χ3n) is 4.64. The van der Waals surface area contributed by atoms with Gasteiger partial charge in [0.1, 0.15) is 5.82 Å². The lowest BCUT2D eigenvalue weighted by molar-refractivity contribution is 0.0951. The Hall–Kier alpha value is -2.11. The Morgan fingerprint density at radius 3 is 2.23 bits per heavy atom. The van der Waals surface area contributed by atoms with Gasteiger partial charge in [-0.15, -0.1) is 12.4 Å². The fourth-order valence-electron chi connectivity index (χ4n) is 3.08. The van der Waals surface area contributed by atoms with Crippen molar-refractivity contribution >= 4 is 24.1 Å². The first kappa shape index (κ1) is 20.2. The molecule has 0 unspecified atom stereocenters. The second kappa shape index (κ2) is 10.1. The van der Waals surface area contributed by atoms with E-state index >= 15 is 0 Å². The van der Waals surface area contributed by atoms with Crippen molar-refractivity contribution in [2.45, 2.75) is 38.8 Å². The molecule has 0 atom stereocenters. The van der Waals surface area contributed by atoms with E-state index < -0.39 is 0 Å². The Kier molecular flexibility index (Phi) is 7.88. The molecule has 1 aromatic carbocycles. The van der Waals surface area contributed by atoms with E-state index in [9.17, 15) is 4.79 Å². The topological polar surface area (TPSA) is 71.2 Å². The van der Waals surface area contributed by atoms with Gasteiger partial charge in [0.2, 0.25) is 0 Å². The Labute approximate surface area is 161 Å². The van der Waals surface area contributed by atoms with Crippen LogP contribution in [0.4, 0.5) is 5.82 Å². The van der Waals surface area contributed by atoms with Crippen LogP contribution in [-0.2, 0) is 13.1 Å². The Morgan fingerprint density at radius 1 is 1.00 bits per heavy atom. The van der Waals surface area contributed by atoms with Crippen LogP contribution >= 0.6 is 12.4 Å². The molecule has 1 aromatic heterocycles. The van der Waals surface area contributed by atoms with Crippen molar-refractivity contribution in [1.29, 1.82) is 0 Å². The second-order valence-electron chi connectivity index (χ2n) is 6.51. The van der Waals surface area contributed by atoms with Crippen LogP contribution in [0.2, 0.25) is 0 Å². The lowest BCUT2D eigenvalue weighted by Gasteiger charge is -2.21. The number of amides is 1. The molecule has 1 saturated heterocycles. The maximum absolute atomic E-state index is 12.2. The minimum atomic E-state index is -0.0832. The zero-order valence-corrected chi connectivity index (χ0v) is 15.8. The molecule has 0 aliphatic carbocycles. The van der Waals surface area contributed by atoms with Gasteiger partial charge in [0.25, 0.3) is 5.91 Å². The predicted molar refractivity (Wildman–Crippen MR) is 108 cm³/mol. The van der Waals surface area contributed by atoms with Crippen molar-refractivity contribution < 1.29 is 4.79 Å². The average Bonchev–Trinajstić information content (AvgIpc) is 2.96. The highest BCUT2D eigenvalue weighted by atomic mass is 35.5. The van der Waals surface area contributed by atoms with Crippen LogP contribution < -0.4 is 16.0 Å². The minimum Gasteiger partial charge on any atom is -0.357 e. The molecule has 1 aliphatic rings. The lowest BCUT2D eigenvalue weighted by atomic mass is 10.1. The van der Waals surface area contributed by atoms with Crippen LogP contribution in [0.5, 0.6) is 0 Å². The summed E-state index contributed by atoms with van der Waals surface area (Å²) >= 11 is 0. The number of aromatic nitrogens is 1. The fraction of sp³-hybridized carbons (Fsp3) is 0.400. The molecule has 1 aliphatic heterocycles. The van der Waals surface area contributed by atoms with Crippen molar-refractivity contribution in [2.75, 3.05) is 18.0 Å². The van der Waals surface area contributed by atoms with E-state index in [-0.39, 0.29) is 18.3 Å². The number of hydrogen-bond acceptors (Lipinski definition) is 4. The van der Waals surface area contributed by atoms with Crippen LogP contribution in [0.1, 0.15) is 47.2 Å². The van der Waals surface area contributed by atoms with E-state index in [1.54, 1.807) is 12.1 Å². The van der Waals surface area contributed by atoms with Crippen molar-refractivity contribution in [1.82, 2.24) is 10.3 Å². The van der Waals surface area contributed by atoms with Gasteiger partial charge in [0.15, 0.2) is 0 Å². The van der Waals surface area contributed by atoms with E-state index in [2.05, 4.69) is 21.3 Å². The molecule has 1 amide bonds. The average molecular weight is 375 g/mol. The van der Waals surface area contributed by atoms with Crippen molar-refractivity contribution in [3.8, 4) is 0 Å². The van der Waals surface area contributed by atoms with Crippen LogP contribution in [0.25, 0.3) is 0 Å². The van der Waals surface area contributed by atoms with Gasteiger partial charge < -0.3 is 16.0 Å². The van der Waals surface area contributed by atoms with Gasteiger partial charge in [0.05, 0.1) is 0 Å². The number of hydrogen-bond donors (Lipinski definition) is 2. The standard InChI is InChI=1S/C20H26N4O.ClH/c21-13-16-5-8-18(9-6-16)20(25)23-15-17-7-10-19(22-14-17)24-11-3-1-2-4-12-24;/h5-10,14H,1-4,11-13,15,21H2,(H,23,25);1H. The molecule has 0 bridgehead atoms. The summed E-state index contributed by atoms with van der Waals surface area (Å²) in [5, 5.41) is 2.94. The first-order valence-corrected chi connectivity index (χ1v) is 9.03.